The minimum Gasteiger partial charge on any atom is -0.478 e. The molecular formula is C12H16N2O5. The summed E-state index contributed by atoms with van der Waals surface area (Å²) in [4.78, 5) is 21.0. The molecular weight excluding hydrogens is 252 g/mol. The number of anilines is 1. The van der Waals surface area contributed by atoms with Crippen LogP contribution in [0.3, 0.4) is 0 Å². The molecule has 7 heteroatoms. The highest BCUT2D eigenvalue weighted by molar-refractivity contribution is 5.89. The van der Waals surface area contributed by atoms with E-state index in [1.165, 1.54) is 12.1 Å². The number of hydrogen-bond acceptors (Lipinski definition) is 5. The number of aliphatic hydroxyl groups is 1. The van der Waals surface area contributed by atoms with Crippen LogP contribution in [0.5, 0.6) is 0 Å². The Labute approximate surface area is 110 Å². The van der Waals surface area contributed by atoms with Gasteiger partial charge in [0.15, 0.2) is 0 Å². The van der Waals surface area contributed by atoms with E-state index in [1.54, 1.807) is 13.8 Å². The van der Waals surface area contributed by atoms with E-state index in [9.17, 15) is 20.0 Å². The first-order valence-electron chi connectivity index (χ1n) is 5.75. The Morgan fingerprint density at radius 3 is 2.63 bits per heavy atom. The van der Waals surface area contributed by atoms with E-state index < -0.39 is 16.5 Å². The van der Waals surface area contributed by atoms with Crippen LogP contribution in [0.15, 0.2) is 18.2 Å². The van der Waals surface area contributed by atoms with Gasteiger partial charge < -0.3 is 15.5 Å². The first-order valence-corrected chi connectivity index (χ1v) is 5.75. The summed E-state index contributed by atoms with van der Waals surface area (Å²) < 4.78 is 0. The summed E-state index contributed by atoms with van der Waals surface area (Å²) in [6, 6.07) is 3.59. The molecule has 1 unspecified atom stereocenters. The maximum Gasteiger partial charge on any atom is 0.335 e. The Balaban J connectivity index is 3.01. The van der Waals surface area contributed by atoms with E-state index in [2.05, 4.69) is 5.32 Å². The van der Waals surface area contributed by atoms with Crippen molar-refractivity contribution in [2.75, 3.05) is 11.9 Å². The third kappa shape index (κ3) is 3.92. The van der Waals surface area contributed by atoms with Gasteiger partial charge in [-0.2, -0.15) is 0 Å². The maximum atomic E-state index is 10.9. The molecule has 0 saturated heterocycles. The monoisotopic (exact) mass is 268 g/mol. The second-order valence-corrected chi connectivity index (χ2v) is 4.50. The molecule has 0 amide bonds. The zero-order valence-corrected chi connectivity index (χ0v) is 10.7. The van der Waals surface area contributed by atoms with Gasteiger partial charge in [-0.15, -0.1) is 0 Å². The highest BCUT2D eigenvalue weighted by Gasteiger charge is 2.21. The van der Waals surface area contributed by atoms with Crippen LogP contribution in [0, 0.1) is 10.1 Å². The molecule has 0 spiro atoms. The minimum absolute atomic E-state index is 0.136. The number of aromatic carboxylic acids is 1. The number of benzene rings is 1. The molecule has 0 aliphatic heterocycles. The molecule has 1 aromatic carbocycles. The van der Waals surface area contributed by atoms with Crippen molar-refractivity contribution >= 4 is 17.3 Å². The number of nitrogens with one attached hydrogen (secondary N) is 1. The standard InChI is InChI=1S/C12H16N2O5/c1-3-12(2,17)7-13-9-5-4-8(11(15)16)6-10(9)14(18)19/h4-6,13,17H,3,7H2,1-2H3,(H,15,16). The molecule has 0 bridgehead atoms. The SMILES string of the molecule is CCC(C)(O)CNc1ccc(C(=O)O)cc1[N+](=O)[O-]. The number of rotatable bonds is 6. The lowest BCUT2D eigenvalue weighted by molar-refractivity contribution is -0.384. The summed E-state index contributed by atoms with van der Waals surface area (Å²) in [6.45, 7) is 3.54. The lowest BCUT2D eigenvalue weighted by atomic mass is 10.0. The maximum absolute atomic E-state index is 10.9. The van der Waals surface area contributed by atoms with Crippen molar-refractivity contribution in [3.05, 3.63) is 33.9 Å². The van der Waals surface area contributed by atoms with Gasteiger partial charge in [0.1, 0.15) is 5.69 Å². The molecule has 0 radical (unpaired) electrons. The normalized spacial score (nSPS) is 13.6. The number of nitro benzene ring substituents is 1. The first-order chi connectivity index (χ1) is 8.76. The van der Waals surface area contributed by atoms with Crippen LogP contribution in [0.4, 0.5) is 11.4 Å². The fourth-order valence-electron chi connectivity index (χ4n) is 1.38. The predicted octanol–water partition coefficient (Wildman–Crippen LogP) is 1.87. The molecule has 0 aromatic heterocycles. The van der Waals surface area contributed by atoms with Crippen molar-refractivity contribution in [1.82, 2.24) is 0 Å². The van der Waals surface area contributed by atoms with Crippen molar-refractivity contribution in [3.63, 3.8) is 0 Å². The fraction of sp³-hybridized carbons (Fsp3) is 0.417. The van der Waals surface area contributed by atoms with E-state index in [0.717, 1.165) is 6.07 Å². The molecule has 3 N–H and O–H groups in total. The third-order valence-electron chi connectivity index (χ3n) is 2.86. The Hall–Kier alpha value is -2.15. The van der Waals surface area contributed by atoms with Crippen LogP contribution in [0.1, 0.15) is 30.6 Å². The van der Waals surface area contributed by atoms with E-state index in [1.807, 2.05) is 0 Å². The lowest BCUT2D eigenvalue weighted by Crippen LogP contribution is -2.32. The van der Waals surface area contributed by atoms with Crippen molar-refractivity contribution in [2.24, 2.45) is 0 Å². The van der Waals surface area contributed by atoms with Crippen molar-refractivity contribution in [3.8, 4) is 0 Å². The lowest BCUT2D eigenvalue weighted by Gasteiger charge is -2.22. The summed E-state index contributed by atoms with van der Waals surface area (Å²) in [5.74, 6) is -1.23. The number of carbonyl (C=O) groups is 1. The van der Waals surface area contributed by atoms with Crippen LogP contribution in [-0.2, 0) is 0 Å². The second-order valence-electron chi connectivity index (χ2n) is 4.50. The third-order valence-corrected chi connectivity index (χ3v) is 2.86. The summed E-state index contributed by atoms with van der Waals surface area (Å²) in [5.41, 5.74) is -1.28. The zero-order chi connectivity index (χ0) is 14.6. The van der Waals surface area contributed by atoms with E-state index in [4.69, 9.17) is 5.11 Å². The Morgan fingerprint density at radius 1 is 1.53 bits per heavy atom. The highest BCUT2D eigenvalue weighted by Crippen LogP contribution is 2.26. The topological polar surface area (TPSA) is 113 Å². The Kier molecular flexibility index (Phi) is 4.44. The number of carboxylic acid groups (broad SMARTS) is 1. The van der Waals surface area contributed by atoms with Gasteiger partial charge in [0, 0.05) is 12.6 Å². The summed E-state index contributed by atoms with van der Waals surface area (Å²) >= 11 is 0. The van der Waals surface area contributed by atoms with Crippen molar-refractivity contribution in [2.45, 2.75) is 25.9 Å². The van der Waals surface area contributed by atoms with Crippen molar-refractivity contribution in [1.29, 1.82) is 0 Å². The van der Waals surface area contributed by atoms with Crippen LogP contribution in [-0.4, -0.2) is 33.3 Å². The van der Waals surface area contributed by atoms with E-state index in [-0.39, 0.29) is 23.5 Å². The Bertz CT molecular complexity index is 499. The largest absolute Gasteiger partial charge is 0.478 e. The smallest absolute Gasteiger partial charge is 0.335 e. The van der Waals surface area contributed by atoms with Gasteiger partial charge in [-0.25, -0.2) is 4.79 Å². The molecule has 0 aliphatic carbocycles. The van der Waals surface area contributed by atoms with Gasteiger partial charge in [0.2, 0.25) is 0 Å². The van der Waals surface area contributed by atoms with E-state index >= 15 is 0 Å². The number of carboxylic acids is 1. The summed E-state index contributed by atoms with van der Waals surface area (Å²) in [6.07, 6.45) is 0.487. The van der Waals surface area contributed by atoms with Gasteiger partial charge in [-0.3, -0.25) is 10.1 Å². The number of hydrogen-bond donors (Lipinski definition) is 3. The average Bonchev–Trinajstić information content (AvgIpc) is 2.36. The van der Waals surface area contributed by atoms with E-state index in [0.29, 0.717) is 6.42 Å². The molecule has 104 valence electrons. The quantitative estimate of drug-likeness (QED) is 0.536. The second kappa shape index (κ2) is 5.66. The first kappa shape index (κ1) is 14.9. The highest BCUT2D eigenvalue weighted by atomic mass is 16.6. The summed E-state index contributed by atoms with van der Waals surface area (Å²) in [7, 11) is 0. The predicted molar refractivity (Wildman–Crippen MR) is 69.5 cm³/mol. The van der Waals surface area contributed by atoms with Crippen LogP contribution < -0.4 is 5.32 Å². The van der Waals surface area contributed by atoms with Gasteiger partial charge in [-0.05, 0) is 25.5 Å². The van der Waals surface area contributed by atoms with Gasteiger partial charge in [-0.1, -0.05) is 6.92 Å². The van der Waals surface area contributed by atoms with Gasteiger partial charge >= 0.3 is 5.97 Å². The minimum atomic E-state index is -1.23. The number of nitro groups is 1. The van der Waals surface area contributed by atoms with Crippen LogP contribution in [0.2, 0.25) is 0 Å². The van der Waals surface area contributed by atoms with Crippen LogP contribution >= 0.6 is 0 Å². The molecule has 0 saturated carbocycles. The molecule has 0 aliphatic rings. The van der Waals surface area contributed by atoms with Gasteiger partial charge in [0.05, 0.1) is 16.1 Å². The molecule has 19 heavy (non-hydrogen) atoms. The molecule has 1 rings (SSSR count). The molecule has 1 atom stereocenters. The molecule has 0 heterocycles. The van der Waals surface area contributed by atoms with Crippen molar-refractivity contribution < 1.29 is 19.9 Å². The van der Waals surface area contributed by atoms with Crippen LogP contribution in [0.25, 0.3) is 0 Å². The molecule has 1 aromatic rings. The number of nitrogens with zero attached hydrogens (tertiary/aromatic N) is 1. The van der Waals surface area contributed by atoms with Gasteiger partial charge in [0.25, 0.3) is 5.69 Å². The molecule has 0 fully saturated rings. The average molecular weight is 268 g/mol. The summed E-state index contributed by atoms with van der Waals surface area (Å²) in [5, 5.41) is 32.3. The zero-order valence-electron chi connectivity index (χ0n) is 10.7. The molecule has 7 nitrogen and oxygen atoms in total. The Morgan fingerprint density at radius 2 is 2.16 bits per heavy atom. The fourth-order valence-corrected chi connectivity index (χ4v) is 1.38.